The van der Waals surface area contributed by atoms with Crippen LogP contribution in [0.5, 0.6) is 0 Å². The number of nitrogens with zero attached hydrogens (tertiary/aromatic N) is 4. The van der Waals surface area contributed by atoms with Crippen LogP contribution in [0.4, 0.5) is 5.82 Å². The van der Waals surface area contributed by atoms with Crippen molar-refractivity contribution < 1.29 is 0 Å². The van der Waals surface area contributed by atoms with Gasteiger partial charge >= 0.3 is 0 Å². The Morgan fingerprint density at radius 1 is 1.37 bits per heavy atom. The van der Waals surface area contributed by atoms with Gasteiger partial charge in [0, 0.05) is 24.7 Å². The first-order valence-corrected chi connectivity index (χ1v) is 7.59. The van der Waals surface area contributed by atoms with Crippen molar-refractivity contribution in [1.29, 1.82) is 0 Å². The molecular formula is C13H20Cl2N4. The summed E-state index contributed by atoms with van der Waals surface area (Å²) >= 11 is 12.2. The molecule has 6 heteroatoms. The molecule has 19 heavy (non-hydrogen) atoms. The molecule has 0 saturated carbocycles. The Morgan fingerprint density at radius 3 is 2.84 bits per heavy atom. The van der Waals surface area contributed by atoms with E-state index in [0.717, 1.165) is 43.9 Å². The molecule has 0 amide bonds. The van der Waals surface area contributed by atoms with Crippen molar-refractivity contribution in [1.82, 2.24) is 14.9 Å². The van der Waals surface area contributed by atoms with E-state index in [1.54, 1.807) is 0 Å². The van der Waals surface area contributed by atoms with Crippen LogP contribution in [0, 0.1) is 0 Å². The lowest BCUT2D eigenvalue weighted by Crippen LogP contribution is -2.40. The lowest BCUT2D eigenvalue weighted by molar-refractivity contribution is 0.327. The van der Waals surface area contributed by atoms with Crippen molar-refractivity contribution in [2.75, 3.05) is 31.6 Å². The Labute approximate surface area is 124 Å². The highest BCUT2D eigenvalue weighted by Gasteiger charge is 2.25. The number of rotatable bonds is 3. The third kappa shape index (κ3) is 3.30. The molecule has 0 aliphatic carbocycles. The van der Waals surface area contributed by atoms with E-state index in [1.165, 1.54) is 6.33 Å². The molecule has 0 spiro atoms. The summed E-state index contributed by atoms with van der Waals surface area (Å²) < 4.78 is 0. The van der Waals surface area contributed by atoms with Gasteiger partial charge in [-0.25, -0.2) is 9.97 Å². The van der Waals surface area contributed by atoms with Gasteiger partial charge in [-0.05, 0) is 26.4 Å². The molecule has 1 unspecified atom stereocenters. The first-order chi connectivity index (χ1) is 9.17. The fourth-order valence-corrected chi connectivity index (χ4v) is 3.13. The van der Waals surface area contributed by atoms with E-state index in [2.05, 4.69) is 33.7 Å². The highest BCUT2D eigenvalue weighted by molar-refractivity contribution is 6.31. The Balaban J connectivity index is 2.35. The zero-order valence-corrected chi connectivity index (χ0v) is 13.0. The molecule has 1 atom stereocenters. The first kappa shape index (κ1) is 14.8. The summed E-state index contributed by atoms with van der Waals surface area (Å²) in [6, 6.07) is 0.445. The number of halogens is 2. The number of alkyl halides is 1. The van der Waals surface area contributed by atoms with Crippen LogP contribution in [0.15, 0.2) is 6.33 Å². The van der Waals surface area contributed by atoms with Crippen LogP contribution < -0.4 is 4.90 Å². The normalized spacial score (nSPS) is 21.5. The zero-order valence-electron chi connectivity index (χ0n) is 11.4. The summed E-state index contributed by atoms with van der Waals surface area (Å²) in [5.41, 5.74) is 0.842. The summed E-state index contributed by atoms with van der Waals surface area (Å²) in [6.45, 7) is 5.35. The van der Waals surface area contributed by atoms with Crippen molar-refractivity contribution in [2.24, 2.45) is 0 Å². The molecule has 1 saturated heterocycles. The Bertz CT molecular complexity index is 427. The quantitative estimate of drug-likeness (QED) is 0.635. The SMILES string of the molecule is CCC1CN(C)CCCN1c1ncnc(Cl)c1CCl. The number of hydrogen-bond donors (Lipinski definition) is 0. The van der Waals surface area contributed by atoms with Gasteiger partial charge in [-0.15, -0.1) is 11.6 Å². The predicted octanol–water partition coefficient (Wildman–Crippen LogP) is 2.79. The van der Waals surface area contributed by atoms with Crippen LogP contribution in [-0.4, -0.2) is 47.6 Å². The maximum absolute atomic E-state index is 6.14. The summed E-state index contributed by atoms with van der Waals surface area (Å²) in [6.07, 6.45) is 3.72. The second-order valence-corrected chi connectivity index (χ2v) is 5.60. The van der Waals surface area contributed by atoms with Gasteiger partial charge in [-0.1, -0.05) is 18.5 Å². The summed E-state index contributed by atoms with van der Waals surface area (Å²) in [5.74, 6) is 1.25. The van der Waals surface area contributed by atoms with Crippen molar-refractivity contribution >= 4 is 29.0 Å². The van der Waals surface area contributed by atoms with Gasteiger partial charge in [-0.2, -0.15) is 0 Å². The molecule has 2 heterocycles. The van der Waals surface area contributed by atoms with Gasteiger partial charge in [0.25, 0.3) is 0 Å². The molecule has 1 aliphatic heterocycles. The molecule has 1 aliphatic rings. The lowest BCUT2D eigenvalue weighted by atomic mass is 10.1. The predicted molar refractivity (Wildman–Crippen MR) is 80.1 cm³/mol. The largest absolute Gasteiger partial charge is 0.352 e. The van der Waals surface area contributed by atoms with E-state index < -0.39 is 0 Å². The third-order valence-electron chi connectivity index (χ3n) is 3.65. The first-order valence-electron chi connectivity index (χ1n) is 6.67. The van der Waals surface area contributed by atoms with Crippen molar-refractivity contribution in [3.63, 3.8) is 0 Å². The van der Waals surface area contributed by atoms with Crippen molar-refractivity contribution in [2.45, 2.75) is 31.7 Å². The van der Waals surface area contributed by atoms with Gasteiger partial charge in [0.2, 0.25) is 0 Å². The molecule has 1 aromatic rings. The fourth-order valence-electron chi connectivity index (χ4n) is 2.62. The molecule has 0 radical (unpaired) electrons. The molecule has 1 aromatic heterocycles. The lowest BCUT2D eigenvalue weighted by Gasteiger charge is -2.32. The minimum Gasteiger partial charge on any atom is -0.352 e. The van der Waals surface area contributed by atoms with Gasteiger partial charge in [-0.3, -0.25) is 0 Å². The summed E-state index contributed by atoms with van der Waals surface area (Å²) in [4.78, 5) is 13.2. The smallest absolute Gasteiger partial charge is 0.138 e. The standard InChI is InChI=1S/C13H20Cl2N4/c1-3-10-8-18(2)5-4-6-19(10)13-11(7-14)12(15)16-9-17-13/h9-10H,3-8H2,1-2H3. The third-order valence-corrected chi connectivity index (χ3v) is 4.24. The van der Waals surface area contributed by atoms with Gasteiger partial charge in [0.1, 0.15) is 17.3 Å². The molecule has 0 bridgehead atoms. The van der Waals surface area contributed by atoms with E-state index >= 15 is 0 Å². The van der Waals surface area contributed by atoms with Gasteiger partial charge in [0.15, 0.2) is 0 Å². The Kier molecular flexibility index (Phi) is 5.25. The van der Waals surface area contributed by atoms with E-state index in [1.807, 2.05) is 0 Å². The second-order valence-electron chi connectivity index (χ2n) is 4.97. The van der Waals surface area contributed by atoms with Crippen LogP contribution in [0.1, 0.15) is 25.3 Å². The number of likely N-dealkylation sites (N-methyl/N-ethyl adjacent to an activating group) is 1. The van der Waals surface area contributed by atoms with Crippen molar-refractivity contribution in [3.8, 4) is 0 Å². The van der Waals surface area contributed by atoms with Gasteiger partial charge < -0.3 is 9.80 Å². The molecule has 0 aromatic carbocycles. The topological polar surface area (TPSA) is 32.3 Å². The van der Waals surface area contributed by atoms with Crippen LogP contribution in [-0.2, 0) is 5.88 Å². The Hall–Kier alpha value is -0.580. The van der Waals surface area contributed by atoms with E-state index in [9.17, 15) is 0 Å². The monoisotopic (exact) mass is 302 g/mol. The maximum atomic E-state index is 6.14. The second kappa shape index (κ2) is 6.73. The molecule has 2 rings (SSSR count). The minimum atomic E-state index is 0.345. The molecule has 0 N–H and O–H groups in total. The average molecular weight is 303 g/mol. The minimum absolute atomic E-state index is 0.345. The van der Waals surface area contributed by atoms with Crippen LogP contribution in [0.3, 0.4) is 0 Å². The van der Waals surface area contributed by atoms with E-state index in [0.29, 0.717) is 17.1 Å². The fraction of sp³-hybridized carbons (Fsp3) is 0.692. The van der Waals surface area contributed by atoms with Crippen LogP contribution in [0.25, 0.3) is 0 Å². The zero-order chi connectivity index (χ0) is 13.8. The summed E-state index contributed by atoms with van der Waals surface area (Å²) in [7, 11) is 2.17. The number of anilines is 1. The van der Waals surface area contributed by atoms with E-state index in [-0.39, 0.29) is 0 Å². The van der Waals surface area contributed by atoms with Crippen molar-refractivity contribution in [3.05, 3.63) is 17.0 Å². The van der Waals surface area contributed by atoms with E-state index in [4.69, 9.17) is 23.2 Å². The molecule has 106 valence electrons. The average Bonchev–Trinajstić information content (AvgIpc) is 2.59. The number of aromatic nitrogens is 2. The maximum Gasteiger partial charge on any atom is 0.138 e. The molecular weight excluding hydrogens is 283 g/mol. The van der Waals surface area contributed by atoms with Gasteiger partial charge in [0.05, 0.1) is 5.88 Å². The molecule has 4 nitrogen and oxygen atoms in total. The molecule has 1 fully saturated rings. The Morgan fingerprint density at radius 2 is 2.16 bits per heavy atom. The summed E-state index contributed by atoms with van der Waals surface area (Å²) in [5, 5.41) is 0.465. The highest BCUT2D eigenvalue weighted by atomic mass is 35.5. The number of hydrogen-bond acceptors (Lipinski definition) is 4. The van der Waals surface area contributed by atoms with Crippen LogP contribution >= 0.6 is 23.2 Å². The van der Waals surface area contributed by atoms with Crippen LogP contribution in [0.2, 0.25) is 5.15 Å². The highest BCUT2D eigenvalue weighted by Crippen LogP contribution is 2.28.